The van der Waals surface area contributed by atoms with Crippen molar-refractivity contribution < 1.29 is 14.3 Å². The van der Waals surface area contributed by atoms with Crippen LogP contribution in [0, 0.1) is 18.3 Å². The van der Waals surface area contributed by atoms with Crippen molar-refractivity contribution in [1.82, 2.24) is 9.78 Å². The lowest BCUT2D eigenvalue weighted by Crippen LogP contribution is -2.44. The molecule has 1 saturated carbocycles. The highest BCUT2D eigenvalue weighted by Crippen LogP contribution is 2.46. The Labute approximate surface area is 164 Å². The molecule has 2 aromatic rings. The summed E-state index contributed by atoms with van der Waals surface area (Å²) in [5.41, 5.74) is 3.19. The van der Waals surface area contributed by atoms with Gasteiger partial charge in [0, 0.05) is 12.1 Å². The Hall–Kier alpha value is -2.76. The molecule has 0 amide bonds. The summed E-state index contributed by atoms with van der Waals surface area (Å²) in [6.45, 7) is 8.26. The molecule has 2 unspecified atom stereocenters. The highest BCUT2D eigenvalue weighted by molar-refractivity contribution is 6.11. The largest absolute Gasteiger partial charge is 0.462 e. The van der Waals surface area contributed by atoms with Crippen LogP contribution in [-0.4, -0.2) is 33.9 Å². The van der Waals surface area contributed by atoms with E-state index in [0.29, 0.717) is 17.8 Å². The Bertz CT molecular complexity index is 969. The van der Waals surface area contributed by atoms with Gasteiger partial charge in [-0.3, -0.25) is 4.79 Å². The predicted molar refractivity (Wildman–Crippen MR) is 106 cm³/mol. The van der Waals surface area contributed by atoms with Gasteiger partial charge in [0.15, 0.2) is 5.82 Å². The number of benzene rings is 1. The first-order chi connectivity index (χ1) is 13.3. The average Bonchev–Trinajstić information content (AvgIpc) is 3.03. The zero-order chi connectivity index (χ0) is 20.1. The quantitative estimate of drug-likeness (QED) is 0.754. The van der Waals surface area contributed by atoms with E-state index in [-0.39, 0.29) is 29.8 Å². The number of Topliss-reactive ketones (excluding diaryl/α,β-unsaturated/α-hetero) is 1. The number of aromatic nitrogens is 2. The minimum absolute atomic E-state index is 0.142. The molecule has 0 bridgehead atoms. The second-order valence-electron chi connectivity index (χ2n) is 8.47. The molecule has 1 aliphatic heterocycles. The maximum absolute atomic E-state index is 13.1. The molecular formula is C22H25N3O3. The number of esters is 1. The third kappa shape index (κ3) is 3.07. The van der Waals surface area contributed by atoms with E-state index in [9.17, 15) is 9.59 Å². The summed E-state index contributed by atoms with van der Waals surface area (Å²) >= 11 is 0. The Morgan fingerprint density at radius 1 is 1.25 bits per heavy atom. The normalized spacial score (nSPS) is 22.9. The Balaban J connectivity index is 1.89. The van der Waals surface area contributed by atoms with E-state index in [4.69, 9.17) is 9.73 Å². The molecular weight excluding hydrogens is 354 g/mol. The summed E-state index contributed by atoms with van der Waals surface area (Å²) < 4.78 is 6.90. The van der Waals surface area contributed by atoms with Crippen molar-refractivity contribution in [2.75, 3.05) is 6.61 Å². The smallest absolute Gasteiger partial charge is 0.343 e. The Morgan fingerprint density at radius 2 is 1.96 bits per heavy atom. The maximum Gasteiger partial charge on any atom is 0.343 e. The van der Waals surface area contributed by atoms with Crippen LogP contribution in [0.15, 0.2) is 35.5 Å². The second-order valence-corrected chi connectivity index (χ2v) is 8.47. The van der Waals surface area contributed by atoms with Crippen LogP contribution in [-0.2, 0) is 9.53 Å². The van der Waals surface area contributed by atoms with Crippen molar-refractivity contribution in [2.45, 2.75) is 46.6 Å². The Morgan fingerprint density at radius 3 is 2.64 bits per heavy atom. The van der Waals surface area contributed by atoms with Gasteiger partial charge in [-0.05, 0) is 31.2 Å². The number of fused-ring (bicyclic) bond motifs is 2. The van der Waals surface area contributed by atoms with Crippen molar-refractivity contribution in [3.63, 3.8) is 0 Å². The lowest BCUT2D eigenvalue weighted by molar-refractivity contribution is -0.124. The fourth-order valence-electron chi connectivity index (χ4n) is 4.30. The lowest BCUT2D eigenvalue weighted by atomic mass is 9.67. The van der Waals surface area contributed by atoms with Crippen LogP contribution < -0.4 is 0 Å². The summed E-state index contributed by atoms with van der Waals surface area (Å²) in [6.07, 6.45) is 2.74. The van der Waals surface area contributed by atoms with E-state index < -0.39 is 5.97 Å². The van der Waals surface area contributed by atoms with Gasteiger partial charge in [0.2, 0.25) is 0 Å². The van der Waals surface area contributed by atoms with Crippen LogP contribution in [0.2, 0.25) is 0 Å². The van der Waals surface area contributed by atoms with Crippen molar-refractivity contribution in [1.29, 1.82) is 0 Å². The molecule has 0 spiro atoms. The van der Waals surface area contributed by atoms with Crippen LogP contribution in [0.25, 0.3) is 0 Å². The number of aliphatic imine (C=N–C) groups is 1. The molecule has 1 fully saturated rings. The van der Waals surface area contributed by atoms with Gasteiger partial charge in [0.25, 0.3) is 0 Å². The number of rotatable bonds is 3. The molecule has 1 aromatic heterocycles. The van der Waals surface area contributed by atoms with Gasteiger partial charge in [-0.25, -0.2) is 14.5 Å². The van der Waals surface area contributed by atoms with E-state index in [1.165, 1.54) is 6.20 Å². The van der Waals surface area contributed by atoms with Crippen LogP contribution in [0.3, 0.4) is 0 Å². The molecule has 1 aliphatic carbocycles. The fourth-order valence-corrected chi connectivity index (χ4v) is 4.30. The average molecular weight is 379 g/mol. The third-order valence-corrected chi connectivity index (χ3v) is 5.53. The first-order valence-electron chi connectivity index (χ1n) is 9.72. The second kappa shape index (κ2) is 6.69. The third-order valence-electron chi connectivity index (χ3n) is 5.53. The van der Waals surface area contributed by atoms with Gasteiger partial charge < -0.3 is 4.74 Å². The first-order valence-corrected chi connectivity index (χ1v) is 9.72. The number of hydrogen-bond donors (Lipinski definition) is 0. The van der Waals surface area contributed by atoms with Gasteiger partial charge >= 0.3 is 5.97 Å². The van der Waals surface area contributed by atoms with Crippen molar-refractivity contribution in [3.8, 4) is 0 Å². The number of nitrogens with zero attached hydrogens (tertiary/aromatic N) is 3. The molecule has 0 radical (unpaired) electrons. The highest BCUT2D eigenvalue weighted by Gasteiger charge is 2.46. The lowest BCUT2D eigenvalue weighted by Gasteiger charge is -2.40. The van der Waals surface area contributed by atoms with Gasteiger partial charge in [0.1, 0.15) is 11.3 Å². The fraction of sp³-hybridized carbons (Fsp3) is 0.455. The van der Waals surface area contributed by atoms with E-state index in [2.05, 4.69) is 18.9 Å². The maximum atomic E-state index is 13.1. The summed E-state index contributed by atoms with van der Waals surface area (Å²) in [6, 6.07) is 7.84. The van der Waals surface area contributed by atoms with E-state index in [1.807, 2.05) is 31.2 Å². The molecule has 1 aromatic carbocycles. The summed E-state index contributed by atoms with van der Waals surface area (Å²) in [5, 5.41) is 4.46. The summed E-state index contributed by atoms with van der Waals surface area (Å²) in [7, 11) is 0. The number of aryl methyl sites for hydroxylation is 1. The SMILES string of the molecule is CCOC(=O)c1cnn2c1N=C1CC(C)(C)CC(=O)C1C2c1ccc(C)cc1. The molecule has 2 heterocycles. The molecule has 6 heteroatoms. The molecule has 2 atom stereocenters. The summed E-state index contributed by atoms with van der Waals surface area (Å²) in [4.78, 5) is 30.3. The van der Waals surface area contributed by atoms with Gasteiger partial charge in [-0.1, -0.05) is 43.7 Å². The van der Waals surface area contributed by atoms with E-state index in [0.717, 1.165) is 23.3 Å². The first kappa shape index (κ1) is 18.6. The minimum Gasteiger partial charge on any atom is -0.462 e. The zero-order valence-electron chi connectivity index (χ0n) is 16.7. The zero-order valence-corrected chi connectivity index (χ0v) is 16.7. The number of hydrogen-bond acceptors (Lipinski definition) is 5. The number of carbonyl (C=O) groups excluding carboxylic acids is 2. The molecule has 4 rings (SSSR count). The van der Waals surface area contributed by atoms with E-state index >= 15 is 0 Å². The highest BCUT2D eigenvalue weighted by atomic mass is 16.5. The Kier molecular flexibility index (Phi) is 4.44. The van der Waals surface area contributed by atoms with Crippen LogP contribution in [0.4, 0.5) is 5.82 Å². The number of ether oxygens (including phenoxy) is 1. The van der Waals surface area contributed by atoms with Crippen molar-refractivity contribution in [3.05, 3.63) is 47.2 Å². The monoisotopic (exact) mass is 379 g/mol. The molecule has 6 nitrogen and oxygen atoms in total. The minimum atomic E-state index is -0.435. The van der Waals surface area contributed by atoms with Crippen molar-refractivity contribution in [2.24, 2.45) is 16.3 Å². The van der Waals surface area contributed by atoms with Gasteiger partial charge in [0.05, 0.1) is 24.8 Å². The standard InChI is InChI=1S/C22H25N3O3/c1-5-28-21(27)15-12-23-25-19(14-8-6-13(2)7-9-14)18-16(24-20(15)25)10-22(3,4)11-17(18)26/h6-9,12,18-19H,5,10-11H2,1-4H3. The van der Waals surface area contributed by atoms with E-state index in [1.54, 1.807) is 11.6 Å². The topological polar surface area (TPSA) is 73.5 Å². The molecule has 28 heavy (non-hydrogen) atoms. The molecule has 2 aliphatic rings. The molecule has 146 valence electrons. The molecule has 0 N–H and O–H groups in total. The molecule has 0 saturated heterocycles. The van der Waals surface area contributed by atoms with Crippen LogP contribution >= 0.6 is 0 Å². The summed E-state index contributed by atoms with van der Waals surface area (Å²) in [5.74, 6) is -0.117. The van der Waals surface area contributed by atoms with Crippen LogP contribution in [0.1, 0.15) is 61.1 Å². The predicted octanol–water partition coefficient (Wildman–Crippen LogP) is 4.05. The van der Waals surface area contributed by atoms with Gasteiger partial charge in [-0.2, -0.15) is 5.10 Å². The number of ketones is 1. The van der Waals surface area contributed by atoms with Crippen LogP contribution in [0.5, 0.6) is 0 Å². The van der Waals surface area contributed by atoms with Gasteiger partial charge in [-0.15, -0.1) is 0 Å². The van der Waals surface area contributed by atoms with Crippen molar-refractivity contribution >= 4 is 23.3 Å². The number of carbonyl (C=O) groups is 2.